The monoisotopic (exact) mass is 225 g/mol. The Morgan fingerprint density at radius 1 is 0.824 bits per heavy atom. The number of aryl methyl sites for hydroxylation is 3. The summed E-state index contributed by atoms with van der Waals surface area (Å²) < 4.78 is 0. The van der Waals surface area contributed by atoms with Gasteiger partial charge in [0.1, 0.15) is 0 Å². The Bertz CT molecular complexity index is 524. The first-order chi connectivity index (χ1) is 8.00. The molecule has 2 aromatic rings. The lowest BCUT2D eigenvalue weighted by Crippen LogP contribution is -1.96. The van der Waals surface area contributed by atoms with Gasteiger partial charge in [0.25, 0.3) is 0 Å². The van der Waals surface area contributed by atoms with Crippen molar-refractivity contribution >= 4 is 0 Å². The Labute approximate surface area is 104 Å². The van der Waals surface area contributed by atoms with Crippen molar-refractivity contribution in [3.8, 4) is 11.3 Å². The summed E-state index contributed by atoms with van der Waals surface area (Å²) in [6, 6.07) is 6.49. The van der Waals surface area contributed by atoms with Gasteiger partial charge in [-0.3, -0.25) is 4.98 Å². The highest BCUT2D eigenvalue weighted by Gasteiger charge is 2.11. The van der Waals surface area contributed by atoms with Gasteiger partial charge in [0.05, 0.1) is 5.69 Å². The van der Waals surface area contributed by atoms with Crippen LogP contribution in [-0.2, 0) is 0 Å². The van der Waals surface area contributed by atoms with Crippen LogP contribution in [0.15, 0.2) is 24.4 Å². The number of hydrogen-bond acceptors (Lipinski definition) is 1. The van der Waals surface area contributed by atoms with E-state index in [1.165, 1.54) is 33.4 Å². The molecule has 1 heteroatoms. The molecule has 0 N–H and O–H groups in total. The van der Waals surface area contributed by atoms with Gasteiger partial charge in [-0.1, -0.05) is 12.1 Å². The fourth-order valence-electron chi connectivity index (χ4n) is 2.22. The summed E-state index contributed by atoms with van der Waals surface area (Å²) in [6.07, 6.45) is 1.94. The first-order valence-corrected chi connectivity index (χ1v) is 6.01. The standard InChI is InChI=1S/C16H19N/c1-10-6-7-15(17-9-10)16-13(4)11(2)8-12(3)14(16)5/h6-9H,1-5H3. The molecular weight excluding hydrogens is 206 g/mol. The lowest BCUT2D eigenvalue weighted by atomic mass is 9.92. The van der Waals surface area contributed by atoms with E-state index in [0.29, 0.717) is 0 Å². The number of pyridine rings is 1. The molecule has 17 heavy (non-hydrogen) atoms. The zero-order chi connectivity index (χ0) is 12.6. The average molecular weight is 225 g/mol. The summed E-state index contributed by atoms with van der Waals surface area (Å²) in [5.41, 5.74) is 8.93. The molecule has 1 heterocycles. The maximum Gasteiger partial charge on any atom is 0.0707 e. The van der Waals surface area contributed by atoms with E-state index in [1.807, 2.05) is 6.20 Å². The van der Waals surface area contributed by atoms with Crippen molar-refractivity contribution in [2.24, 2.45) is 0 Å². The molecule has 0 unspecified atom stereocenters. The van der Waals surface area contributed by atoms with Gasteiger partial charge >= 0.3 is 0 Å². The molecule has 0 saturated carbocycles. The molecular formula is C16H19N. The van der Waals surface area contributed by atoms with Gasteiger partial charge in [-0.15, -0.1) is 0 Å². The van der Waals surface area contributed by atoms with E-state index < -0.39 is 0 Å². The third-order valence-electron chi connectivity index (χ3n) is 3.53. The molecule has 0 aliphatic rings. The number of hydrogen-bond donors (Lipinski definition) is 0. The van der Waals surface area contributed by atoms with E-state index in [9.17, 15) is 0 Å². The first-order valence-electron chi connectivity index (χ1n) is 6.01. The van der Waals surface area contributed by atoms with Crippen LogP contribution in [0.25, 0.3) is 11.3 Å². The molecule has 1 nitrogen and oxygen atoms in total. The predicted molar refractivity (Wildman–Crippen MR) is 73.4 cm³/mol. The zero-order valence-electron chi connectivity index (χ0n) is 11.3. The molecule has 88 valence electrons. The number of nitrogens with zero attached hydrogens (tertiary/aromatic N) is 1. The number of aromatic nitrogens is 1. The highest BCUT2D eigenvalue weighted by Crippen LogP contribution is 2.30. The first kappa shape index (κ1) is 11.8. The van der Waals surface area contributed by atoms with Crippen LogP contribution in [0.2, 0.25) is 0 Å². The maximum absolute atomic E-state index is 4.55. The summed E-state index contributed by atoms with van der Waals surface area (Å²) in [4.78, 5) is 4.55. The van der Waals surface area contributed by atoms with Gasteiger partial charge in [0, 0.05) is 11.8 Å². The fraction of sp³-hybridized carbons (Fsp3) is 0.312. The minimum Gasteiger partial charge on any atom is -0.256 e. The third-order valence-corrected chi connectivity index (χ3v) is 3.53. The van der Waals surface area contributed by atoms with E-state index in [0.717, 1.165) is 5.69 Å². The Morgan fingerprint density at radius 2 is 1.41 bits per heavy atom. The highest BCUT2D eigenvalue weighted by molar-refractivity contribution is 5.70. The highest BCUT2D eigenvalue weighted by atomic mass is 14.7. The topological polar surface area (TPSA) is 12.9 Å². The number of benzene rings is 1. The van der Waals surface area contributed by atoms with Gasteiger partial charge in [-0.05, 0) is 68.5 Å². The van der Waals surface area contributed by atoms with E-state index in [2.05, 4.69) is 57.8 Å². The second kappa shape index (κ2) is 4.33. The molecule has 0 atom stereocenters. The van der Waals surface area contributed by atoms with Gasteiger partial charge in [-0.25, -0.2) is 0 Å². The Hall–Kier alpha value is -1.63. The van der Waals surface area contributed by atoms with Crippen molar-refractivity contribution in [2.75, 3.05) is 0 Å². The van der Waals surface area contributed by atoms with Crippen LogP contribution < -0.4 is 0 Å². The lowest BCUT2D eigenvalue weighted by molar-refractivity contribution is 1.20. The van der Waals surface area contributed by atoms with E-state index >= 15 is 0 Å². The van der Waals surface area contributed by atoms with Crippen molar-refractivity contribution in [2.45, 2.75) is 34.6 Å². The largest absolute Gasteiger partial charge is 0.256 e. The second-order valence-corrected chi connectivity index (χ2v) is 4.86. The molecule has 2 rings (SSSR count). The Balaban J connectivity index is 2.70. The van der Waals surface area contributed by atoms with Crippen LogP contribution in [0.5, 0.6) is 0 Å². The molecule has 0 amide bonds. The third kappa shape index (κ3) is 2.10. The van der Waals surface area contributed by atoms with Crippen molar-refractivity contribution in [3.63, 3.8) is 0 Å². The SMILES string of the molecule is Cc1ccc(-c2c(C)c(C)cc(C)c2C)nc1. The smallest absolute Gasteiger partial charge is 0.0707 e. The van der Waals surface area contributed by atoms with Crippen molar-refractivity contribution in [3.05, 3.63) is 52.2 Å². The minimum absolute atomic E-state index is 1.08. The van der Waals surface area contributed by atoms with Crippen LogP contribution in [0.4, 0.5) is 0 Å². The summed E-state index contributed by atoms with van der Waals surface area (Å²) in [6.45, 7) is 10.8. The van der Waals surface area contributed by atoms with Crippen molar-refractivity contribution < 1.29 is 0 Å². The number of rotatable bonds is 1. The minimum atomic E-state index is 1.08. The van der Waals surface area contributed by atoms with Crippen LogP contribution in [-0.4, -0.2) is 4.98 Å². The van der Waals surface area contributed by atoms with Gasteiger partial charge < -0.3 is 0 Å². The van der Waals surface area contributed by atoms with Crippen LogP contribution >= 0.6 is 0 Å². The zero-order valence-corrected chi connectivity index (χ0v) is 11.3. The van der Waals surface area contributed by atoms with E-state index in [-0.39, 0.29) is 0 Å². The van der Waals surface area contributed by atoms with Gasteiger partial charge in [0.2, 0.25) is 0 Å². The summed E-state index contributed by atoms with van der Waals surface area (Å²) in [5, 5.41) is 0. The summed E-state index contributed by atoms with van der Waals surface area (Å²) in [5.74, 6) is 0. The summed E-state index contributed by atoms with van der Waals surface area (Å²) >= 11 is 0. The molecule has 0 radical (unpaired) electrons. The summed E-state index contributed by atoms with van der Waals surface area (Å²) in [7, 11) is 0. The van der Waals surface area contributed by atoms with Crippen LogP contribution in [0, 0.1) is 34.6 Å². The fourth-order valence-corrected chi connectivity index (χ4v) is 2.22. The molecule has 0 saturated heterocycles. The van der Waals surface area contributed by atoms with Crippen molar-refractivity contribution in [1.82, 2.24) is 4.98 Å². The molecule has 1 aromatic heterocycles. The molecule has 1 aromatic carbocycles. The van der Waals surface area contributed by atoms with Crippen LogP contribution in [0.3, 0.4) is 0 Å². The second-order valence-electron chi connectivity index (χ2n) is 4.86. The average Bonchev–Trinajstić information content (AvgIpc) is 2.29. The lowest BCUT2D eigenvalue weighted by Gasteiger charge is -2.14. The molecule has 0 spiro atoms. The molecule has 0 bridgehead atoms. The quantitative estimate of drug-likeness (QED) is 0.705. The molecule has 0 fully saturated rings. The predicted octanol–water partition coefficient (Wildman–Crippen LogP) is 4.29. The normalized spacial score (nSPS) is 10.6. The van der Waals surface area contributed by atoms with Crippen molar-refractivity contribution in [1.29, 1.82) is 0 Å². The van der Waals surface area contributed by atoms with E-state index in [1.54, 1.807) is 0 Å². The Kier molecular flexibility index (Phi) is 3.01. The maximum atomic E-state index is 4.55. The van der Waals surface area contributed by atoms with Crippen LogP contribution in [0.1, 0.15) is 27.8 Å². The molecule has 0 aliphatic heterocycles. The molecule has 0 aliphatic carbocycles. The van der Waals surface area contributed by atoms with Gasteiger partial charge in [0.15, 0.2) is 0 Å². The Morgan fingerprint density at radius 3 is 1.88 bits per heavy atom. The van der Waals surface area contributed by atoms with E-state index in [4.69, 9.17) is 0 Å². The van der Waals surface area contributed by atoms with Gasteiger partial charge in [-0.2, -0.15) is 0 Å².